The zero-order valence-corrected chi connectivity index (χ0v) is 21.6. The minimum atomic E-state index is -3.66. The lowest BCUT2D eigenvalue weighted by atomic mass is 10.1. The van der Waals surface area contributed by atoms with E-state index in [2.05, 4.69) is 15.7 Å². The highest BCUT2D eigenvalue weighted by Crippen LogP contribution is 2.38. The van der Waals surface area contributed by atoms with Gasteiger partial charge in [0.2, 0.25) is 9.05 Å². The highest BCUT2D eigenvalue weighted by molar-refractivity contribution is 8.13. The molecule has 1 heterocycles. The number of nitrogens with zero attached hydrogens (tertiary/aromatic N) is 1. The van der Waals surface area contributed by atoms with Crippen LogP contribution in [-0.2, 0) is 23.4 Å². The average Bonchev–Trinajstić information content (AvgIpc) is 2.89. The first-order chi connectivity index (χ1) is 13.8. The second-order valence-electron chi connectivity index (χ2n) is 7.91. The monoisotopic (exact) mass is 517 g/mol. The molecule has 13 heteroatoms. The van der Waals surface area contributed by atoms with Gasteiger partial charge in [-0.1, -0.05) is 11.3 Å². The molecular weight excluding hydrogens is 490 g/mol. The van der Waals surface area contributed by atoms with E-state index in [1.54, 1.807) is 12.1 Å². The topological polar surface area (TPSA) is 129 Å². The first kappa shape index (κ1) is 27.9. The van der Waals surface area contributed by atoms with Crippen molar-refractivity contribution in [3.8, 4) is 10.9 Å². The Hall–Kier alpha value is -1.18. The summed E-state index contributed by atoms with van der Waals surface area (Å²) >= 11 is 1.29. The van der Waals surface area contributed by atoms with Gasteiger partial charge < -0.3 is 14.6 Å². The van der Waals surface area contributed by atoms with Crippen LogP contribution in [0.15, 0.2) is 12.1 Å². The molecule has 0 radical (unpaired) electrons. The van der Waals surface area contributed by atoms with E-state index < -0.39 is 30.9 Å². The summed E-state index contributed by atoms with van der Waals surface area (Å²) in [5, 5.41) is 11.0. The van der Waals surface area contributed by atoms with Crippen molar-refractivity contribution >= 4 is 51.4 Å². The van der Waals surface area contributed by atoms with Crippen molar-refractivity contribution in [3.63, 3.8) is 0 Å². The van der Waals surface area contributed by atoms with Gasteiger partial charge in [0.1, 0.15) is 17.5 Å². The SMILES string of the molecule is CC(C)Oc1nc2cc(OC(C)(C)C)cc([C@H](O)COS(C)(=O)=O)c2s1.CS(=O)(=O)Cl. The van der Waals surface area contributed by atoms with Crippen LogP contribution in [0.1, 0.15) is 46.3 Å². The van der Waals surface area contributed by atoms with Crippen LogP contribution in [0.4, 0.5) is 0 Å². The minimum absolute atomic E-state index is 0.0391. The molecule has 178 valence electrons. The van der Waals surface area contributed by atoms with Gasteiger partial charge in [0.15, 0.2) is 0 Å². The first-order valence-electron chi connectivity index (χ1n) is 9.06. The molecule has 2 rings (SSSR count). The molecule has 2 aromatic rings. The quantitative estimate of drug-likeness (QED) is 0.433. The molecule has 1 N–H and O–H groups in total. The van der Waals surface area contributed by atoms with Gasteiger partial charge in [-0.3, -0.25) is 4.18 Å². The fraction of sp³-hybridized carbons (Fsp3) is 0.611. The molecule has 0 saturated heterocycles. The highest BCUT2D eigenvalue weighted by Gasteiger charge is 2.21. The van der Waals surface area contributed by atoms with Gasteiger partial charge in [-0.05, 0) is 40.7 Å². The van der Waals surface area contributed by atoms with Crippen LogP contribution in [0.3, 0.4) is 0 Å². The summed E-state index contributed by atoms with van der Waals surface area (Å²) in [6.07, 6.45) is 0.676. The number of ether oxygens (including phenoxy) is 2. The Morgan fingerprint density at radius 2 is 1.71 bits per heavy atom. The van der Waals surface area contributed by atoms with E-state index in [1.807, 2.05) is 34.6 Å². The van der Waals surface area contributed by atoms with Crippen molar-refractivity contribution in [3.05, 3.63) is 17.7 Å². The molecule has 0 fully saturated rings. The van der Waals surface area contributed by atoms with E-state index in [0.717, 1.165) is 12.5 Å². The number of hydrogen-bond donors (Lipinski definition) is 1. The molecule has 31 heavy (non-hydrogen) atoms. The van der Waals surface area contributed by atoms with E-state index in [9.17, 15) is 21.9 Å². The number of benzene rings is 1. The number of thiazole rings is 1. The Morgan fingerprint density at radius 3 is 2.16 bits per heavy atom. The second-order valence-corrected chi connectivity index (χ2v) is 13.6. The Labute approximate surface area is 191 Å². The summed E-state index contributed by atoms with van der Waals surface area (Å²) in [6, 6.07) is 3.46. The van der Waals surface area contributed by atoms with Crippen LogP contribution >= 0.6 is 22.0 Å². The van der Waals surface area contributed by atoms with Gasteiger partial charge in [0.05, 0.1) is 35.4 Å². The Bertz CT molecular complexity index is 1080. The highest BCUT2D eigenvalue weighted by atomic mass is 35.7. The van der Waals surface area contributed by atoms with Crippen molar-refractivity contribution in [1.82, 2.24) is 4.98 Å². The van der Waals surface area contributed by atoms with E-state index in [-0.39, 0.29) is 12.7 Å². The zero-order valence-electron chi connectivity index (χ0n) is 18.4. The Kier molecular flexibility index (Phi) is 9.55. The lowest BCUT2D eigenvalue weighted by Crippen LogP contribution is -2.23. The predicted molar refractivity (Wildman–Crippen MR) is 122 cm³/mol. The van der Waals surface area contributed by atoms with Crippen LogP contribution in [0.2, 0.25) is 0 Å². The van der Waals surface area contributed by atoms with Gasteiger partial charge in [-0.25, -0.2) is 13.4 Å². The second kappa shape index (κ2) is 10.6. The maximum absolute atomic E-state index is 11.2. The summed E-state index contributed by atoms with van der Waals surface area (Å²) in [7, 11) is -2.35. The molecule has 0 bridgehead atoms. The van der Waals surface area contributed by atoms with E-state index >= 15 is 0 Å². The zero-order chi connectivity index (χ0) is 24.2. The maximum Gasteiger partial charge on any atom is 0.274 e. The summed E-state index contributed by atoms with van der Waals surface area (Å²) in [5.41, 5.74) is 0.661. The third-order valence-electron chi connectivity index (χ3n) is 3.03. The van der Waals surface area contributed by atoms with E-state index in [0.29, 0.717) is 26.7 Å². The standard InChI is InChI=1S/C17H25NO6S2.CH3ClO2S/c1-10(2)23-16-18-13-8-11(24-17(3,4)5)7-12(15(13)25-16)14(19)9-22-26(6,20)21;1-5(2,3)4/h7-8,10,14,19H,9H2,1-6H3;1H3/t14-;/m1./s1. The molecule has 0 aliphatic carbocycles. The maximum atomic E-state index is 11.2. The third kappa shape index (κ3) is 11.9. The summed E-state index contributed by atoms with van der Waals surface area (Å²) in [4.78, 5) is 4.44. The number of hydrogen-bond acceptors (Lipinski definition) is 10. The smallest absolute Gasteiger partial charge is 0.274 e. The molecule has 9 nitrogen and oxygen atoms in total. The fourth-order valence-electron chi connectivity index (χ4n) is 2.20. The number of aliphatic hydroxyl groups excluding tert-OH is 1. The molecule has 0 aliphatic rings. The number of halogens is 1. The predicted octanol–water partition coefficient (Wildman–Crippen LogP) is 3.46. The molecule has 0 saturated carbocycles. The van der Waals surface area contributed by atoms with Crippen LogP contribution in [0.25, 0.3) is 10.2 Å². The fourth-order valence-corrected chi connectivity index (χ4v) is 3.66. The van der Waals surface area contributed by atoms with E-state index in [1.165, 1.54) is 11.3 Å². The number of rotatable bonds is 7. The van der Waals surface area contributed by atoms with Crippen molar-refractivity contribution < 1.29 is 35.6 Å². The Balaban J connectivity index is 0.000000861. The molecule has 0 aliphatic heterocycles. The minimum Gasteiger partial charge on any atom is -0.488 e. The van der Waals surface area contributed by atoms with Crippen molar-refractivity contribution in [2.24, 2.45) is 0 Å². The first-order valence-corrected chi connectivity index (χ1v) is 14.4. The molecule has 0 amide bonds. The number of fused-ring (bicyclic) bond motifs is 1. The van der Waals surface area contributed by atoms with Gasteiger partial charge in [-0.2, -0.15) is 8.42 Å². The largest absolute Gasteiger partial charge is 0.488 e. The summed E-state index contributed by atoms with van der Waals surface area (Å²) in [5.74, 6) is 0.528. The molecule has 1 aromatic heterocycles. The van der Waals surface area contributed by atoms with Crippen molar-refractivity contribution in [2.75, 3.05) is 19.1 Å². The van der Waals surface area contributed by atoms with Crippen LogP contribution < -0.4 is 9.47 Å². The van der Waals surface area contributed by atoms with Gasteiger partial charge in [-0.15, -0.1) is 0 Å². The third-order valence-corrected chi connectivity index (χ3v) is 4.61. The normalized spacial score (nSPS) is 13.6. The van der Waals surface area contributed by atoms with Gasteiger partial charge in [0, 0.05) is 22.3 Å². The average molecular weight is 518 g/mol. The lowest BCUT2D eigenvalue weighted by Gasteiger charge is -2.22. The molecule has 0 unspecified atom stereocenters. The van der Waals surface area contributed by atoms with Gasteiger partial charge >= 0.3 is 0 Å². The molecule has 1 aromatic carbocycles. The number of aromatic nitrogens is 1. The molecule has 1 atom stereocenters. The van der Waals surface area contributed by atoms with Crippen LogP contribution in [0, 0.1) is 0 Å². The summed E-state index contributed by atoms with van der Waals surface area (Å²) < 4.78 is 58.2. The van der Waals surface area contributed by atoms with Gasteiger partial charge in [0.25, 0.3) is 15.3 Å². The molecule has 0 spiro atoms. The van der Waals surface area contributed by atoms with Crippen molar-refractivity contribution in [1.29, 1.82) is 0 Å². The Morgan fingerprint density at radius 1 is 1.16 bits per heavy atom. The van der Waals surface area contributed by atoms with Crippen molar-refractivity contribution in [2.45, 2.75) is 52.4 Å². The summed E-state index contributed by atoms with van der Waals surface area (Å²) in [6.45, 7) is 9.15. The molecular formula is C18H28ClNO8S3. The number of aliphatic hydroxyl groups is 1. The lowest BCUT2D eigenvalue weighted by molar-refractivity contribution is 0.111. The van der Waals surface area contributed by atoms with Crippen LogP contribution in [0.5, 0.6) is 10.9 Å². The van der Waals surface area contributed by atoms with E-state index in [4.69, 9.17) is 13.7 Å². The van der Waals surface area contributed by atoms with Crippen LogP contribution in [-0.4, -0.2) is 57.7 Å².